The zero-order valence-corrected chi connectivity index (χ0v) is 18.5. The first-order chi connectivity index (χ1) is 14.5. The Morgan fingerprint density at radius 3 is 2.27 bits per heavy atom. The van der Waals surface area contributed by atoms with E-state index in [2.05, 4.69) is 29.5 Å². The van der Waals surface area contributed by atoms with Crippen molar-refractivity contribution >= 4 is 5.96 Å². The lowest BCUT2D eigenvalue weighted by molar-refractivity contribution is 0.0257. The Morgan fingerprint density at radius 2 is 1.67 bits per heavy atom. The third-order valence-corrected chi connectivity index (χ3v) is 5.05. The summed E-state index contributed by atoms with van der Waals surface area (Å²) in [5, 5.41) is 17.4. The van der Waals surface area contributed by atoms with E-state index in [-0.39, 0.29) is 5.56 Å². The van der Waals surface area contributed by atoms with E-state index in [0.717, 1.165) is 43.4 Å². The van der Waals surface area contributed by atoms with Crippen molar-refractivity contribution in [2.75, 3.05) is 13.1 Å². The van der Waals surface area contributed by atoms with Crippen LogP contribution in [-0.4, -0.2) is 34.3 Å². The molecule has 0 saturated heterocycles. The smallest absolute Gasteiger partial charge is 0.250 e. The fourth-order valence-electron chi connectivity index (χ4n) is 3.53. The molecule has 0 atom stereocenters. The van der Waals surface area contributed by atoms with Crippen molar-refractivity contribution in [1.82, 2.24) is 15.2 Å². The molecule has 0 saturated carbocycles. The standard InChI is InChI=1S/C24H36N4O2/c1-4-14-24(30,15-5-2)19-27-23(25-6-3)26-17-20-10-12-21(13-11-20)18-28-16-8-7-9-22(28)29/h7-13,16,30H,4-6,14-15,17-19H2,1-3H3,(H2,25,26,27). The molecule has 0 aliphatic rings. The summed E-state index contributed by atoms with van der Waals surface area (Å²) in [5.41, 5.74) is 1.47. The van der Waals surface area contributed by atoms with Gasteiger partial charge in [0, 0.05) is 25.4 Å². The topological polar surface area (TPSA) is 78.7 Å². The molecule has 1 heterocycles. The van der Waals surface area contributed by atoms with Gasteiger partial charge in [-0.25, -0.2) is 4.99 Å². The van der Waals surface area contributed by atoms with Crippen molar-refractivity contribution in [3.8, 4) is 0 Å². The minimum atomic E-state index is -0.698. The van der Waals surface area contributed by atoms with E-state index in [1.54, 1.807) is 22.9 Å². The first kappa shape index (κ1) is 23.7. The summed E-state index contributed by atoms with van der Waals surface area (Å²) in [6.45, 7) is 8.57. The monoisotopic (exact) mass is 412 g/mol. The lowest BCUT2D eigenvalue weighted by Crippen LogP contribution is -2.47. The fraction of sp³-hybridized carbons (Fsp3) is 0.500. The van der Waals surface area contributed by atoms with Gasteiger partial charge in [-0.05, 0) is 37.0 Å². The summed E-state index contributed by atoms with van der Waals surface area (Å²) in [6, 6.07) is 13.3. The zero-order chi connectivity index (χ0) is 21.8. The van der Waals surface area contributed by atoms with Crippen molar-refractivity contribution in [1.29, 1.82) is 0 Å². The molecule has 2 aromatic rings. The third-order valence-electron chi connectivity index (χ3n) is 5.05. The minimum absolute atomic E-state index is 0.00126. The van der Waals surface area contributed by atoms with E-state index in [9.17, 15) is 9.90 Å². The number of rotatable bonds is 11. The predicted molar refractivity (Wildman–Crippen MR) is 124 cm³/mol. The maximum atomic E-state index is 11.9. The summed E-state index contributed by atoms with van der Waals surface area (Å²) in [7, 11) is 0. The van der Waals surface area contributed by atoms with Crippen LogP contribution >= 0.6 is 0 Å². The number of hydrogen-bond acceptors (Lipinski definition) is 3. The summed E-state index contributed by atoms with van der Waals surface area (Å²) < 4.78 is 1.69. The highest BCUT2D eigenvalue weighted by Gasteiger charge is 2.24. The molecule has 30 heavy (non-hydrogen) atoms. The second-order valence-electron chi connectivity index (χ2n) is 7.76. The van der Waals surface area contributed by atoms with Crippen LogP contribution in [0, 0.1) is 0 Å². The van der Waals surface area contributed by atoms with Crippen molar-refractivity contribution in [2.24, 2.45) is 4.99 Å². The van der Waals surface area contributed by atoms with Crippen LogP contribution < -0.4 is 16.2 Å². The molecular weight excluding hydrogens is 376 g/mol. The number of benzene rings is 1. The average molecular weight is 413 g/mol. The van der Waals surface area contributed by atoms with Gasteiger partial charge in [-0.1, -0.05) is 57.0 Å². The van der Waals surface area contributed by atoms with Gasteiger partial charge in [-0.3, -0.25) is 4.79 Å². The number of aliphatic imine (C=N–C) groups is 1. The van der Waals surface area contributed by atoms with Gasteiger partial charge in [-0.15, -0.1) is 0 Å². The van der Waals surface area contributed by atoms with Crippen LogP contribution in [0.1, 0.15) is 57.6 Å². The van der Waals surface area contributed by atoms with E-state index in [4.69, 9.17) is 0 Å². The van der Waals surface area contributed by atoms with Crippen LogP contribution in [0.3, 0.4) is 0 Å². The van der Waals surface area contributed by atoms with Gasteiger partial charge in [0.25, 0.3) is 5.56 Å². The summed E-state index contributed by atoms with van der Waals surface area (Å²) >= 11 is 0. The maximum absolute atomic E-state index is 11.9. The lowest BCUT2D eigenvalue weighted by atomic mass is 9.93. The lowest BCUT2D eigenvalue weighted by Gasteiger charge is -2.28. The molecule has 3 N–H and O–H groups in total. The minimum Gasteiger partial charge on any atom is -0.388 e. The van der Waals surface area contributed by atoms with Crippen LogP contribution in [-0.2, 0) is 13.1 Å². The first-order valence-corrected chi connectivity index (χ1v) is 11.0. The number of hydrogen-bond donors (Lipinski definition) is 3. The van der Waals surface area contributed by atoms with Gasteiger partial charge in [0.1, 0.15) is 0 Å². The van der Waals surface area contributed by atoms with Gasteiger partial charge in [0.05, 0.1) is 18.7 Å². The second-order valence-corrected chi connectivity index (χ2v) is 7.76. The number of pyridine rings is 1. The van der Waals surface area contributed by atoms with E-state index in [1.165, 1.54) is 0 Å². The Kier molecular flexibility index (Phi) is 9.61. The molecule has 0 unspecified atom stereocenters. The summed E-state index contributed by atoms with van der Waals surface area (Å²) in [4.78, 5) is 16.5. The molecule has 0 bridgehead atoms. The van der Waals surface area contributed by atoms with Gasteiger partial charge >= 0.3 is 0 Å². The Labute approximate surface area is 180 Å². The maximum Gasteiger partial charge on any atom is 0.250 e. The quantitative estimate of drug-likeness (QED) is 0.391. The number of guanidine groups is 1. The molecule has 6 nitrogen and oxygen atoms in total. The number of aliphatic hydroxyl groups is 1. The predicted octanol–water partition coefficient (Wildman–Crippen LogP) is 3.28. The molecule has 0 radical (unpaired) electrons. The molecule has 6 heteroatoms. The van der Waals surface area contributed by atoms with Gasteiger partial charge in [0.15, 0.2) is 5.96 Å². The van der Waals surface area contributed by atoms with Crippen LogP contribution in [0.4, 0.5) is 0 Å². The van der Waals surface area contributed by atoms with E-state index in [1.807, 2.05) is 37.3 Å². The van der Waals surface area contributed by atoms with Crippen LogP contribution in [0.5, 0.6) is 0 Å². The van der Waals surface area contributed by atoms with Crippen molar-refractivity contribution in [2.45, 2.75) is 65.1 Å². The molecule has 1 aromatic heterocycles. The Balaban J connectivity index is 1.98. The Hall–Kier alpha value is -2.60. The Morgan fingerprint density at radius 1 is 1.00 bits per heavy atom. The normalized spacial score (nSPS) is 12.1. The molecule has 1 aromatic carbocycles. The first-order valence-electron chi connectivity index (χ1n) is 11.0. The highest BCUT2D eigenvalue weighted by atomic mass is 16.3. The number of aromatic nitrogens is 1. The summed E-state index contributed by atoms with van der Waals surface area (Å²) in [6.07, 6.45) is 5.26. The zero-order valence-electron chi connectivity index (χ0n) is 18.5. The Bertz CT molecular complexity index is 837. The molecule has 0 aliphatic carbocycles. The van der Waals surface area contributed by atoms with Gasteiger partial charge in [-0.2, -0.15) is 0 Å². The van der Waals surface area contributed by atoms with Gasteiger partial charge in [0.2, 0.25) is 0 Å². The van der Waals surface area contributed by atoms with E-state index in [0.29, 0.717) is 25.6 Å². The molecule has 0 aliphatic heterocycles. The van der Waals surface area contributed by atoms with Crippen molar-refractivity contribution < 1.29 is 5.11 Å². The van der Waals surface area contributed by atoms with Crippen LogP contribution in [0.25, 0.3) is 0 Å². The van der Waals surface area contributed by atoms with Crippen LogP contribution in [0.2, 0.25) is 0 Å². The highest BCUT2D eigenvalue weighted by Crippen LogP contribution is 2.18. The number of nitrogens with one attached hydrogen (secondary N) is 2. The molecule has 0 amide bonds. The SMILES string of the molecule is CCCC(O)(CCC)CNC(=NCc1ccc(Cn2ccccc2=O)cc1)NCC. The average Bonchev–Trinajstić information content (AvgIpc) is 2.73. The largest absolute Gasteiger partial charge is 0.388 e. The molecule has 2 rings (SSSR count). The highest BCUT2D eigenvalue weighted by molar-refractivity contribution is 5.79. The van der Waals surface area contributed by atoms with Crippen LogP contribution in [0.15, 0.2) is 58.4 Å². The second kappa shape index (κ2) is 12.2. The number of nitrogens with zero attached hydrogens (tertiary/aromatic N) is 2. The van der Waals surface area contributed by atoms with E-state index < -0.39 is 5.60 Å². The molecule has 0 fully saturated rings. The molecule has 0 spiro atoms. The van der Waals surface area contributed by atoms with Gasteiger partial charge < -0.3 is 20.3 Å². The summed E-state index contributed by atoms with van der Waals surface area (Å²) in [5.74, 6) is 0.711. The molecule has 164 valence electrons. The van der Waals surface area contributed by atoms with Crippen molar-refractivity contribution in [3.63, 3.8) is 0 Å². The van der Waals surface area contributed by atoms with Crippen molar-refractivity contribution in [3.05, 3.63) is 70.1 Å². The third kappa shape index (κ3) is 7.67. The van der Waals surface area contributed by atoms with E-state index >= 15 is 0 Å². The molecular formula is C24H36N4O2. The fourth-order valence-corrected chi connectivity index (χ4v) is 3.53.